The molecule has 6 nitrogen and oxygen atoms in total. The Morgan fingerprint density at radius 1 is 1.07 bits per heavy atom. The van der Waals surface area contributed by atoms with Crippen molar-refractivity contribution in [1.82, 2.24) is 19.3 Å². The molecule has 30 heavy (non-hydrogen) atoms. The number of rotatable bonds is 3. The topological polar surface area (TPSA) is 59.7 Å². The van der Waals surface area contributed by atoms with Gasteiger partial charge in [-0.1, -0.05) is 35.9 Å². The van der Waals surface area contributed by atoms with Crippen LogP contribution in [-0.4, -0.2) is 44.9 Å². The quantitative estimate of drug-likeness (QED) is 0.498. The number of carbonyl (C=O) groups excluding carboxylic acids is 1. The summed E-state index contributed by atoms with van der Waals surface area (Å²) in [6.45, 7) is 1.50. The summed E-state index contributed by atoms with van der Waals surface area (Å²) in [5, 5.41) is 0.628. The molecular formula is C23H19ClN4O2. The second-order valence-electron chi connectivity index (χ2n) is 7.14. The fraction of sp³-hybridized carbons (Fsp3) is 0.174. The minimum atomic E-state index is -0.283. The summed E-state index contributed by atoms with van der Waals surface area (Å²) in [5.74, 6) is 0.0106. The number of fused-ring (bicyclic) bond motifs is 1. The molecule has 0 saturated carbocycles. The fourth-order valence-electron chi connectivity index (χ4n) is 3.69. The van der Waals surface area contributed by atoms with E-state index in [0.29, 0.717) is 30.3 Å². The van der Waals surface area contributed by atoms with Gasteiger partial charge in [0.15, 0.2) is 0 Å². The molecule has 1 saturated heterocycles. The van der Waals surface area contributed by atoms with Crippen LogP contribution < -0.4 is 0 Å². The molecule has 150 valence electrons. The summed E-state index contributed by atoms with van der Waals surface area (Å²) in [6, 6.07) is 18.8. The van der Waals surface area contributed by atoms with E-state index in [2.05, 4.69) is 4.98 Å². The van der Waals surface area contributed by atoms with E-state index >= 15 is 0 Å². The molecule has 5 rings (SSSR count). The van der Waals surface area contributed by atoms with Gasteiger partial charge in [0.2, 0.25) is 0 Å². The van der Waals surface area contributed by atoms with Gasteiger partial charge in [0.1, 0.15) is 11.8 Å². The van der Waals surface area contributed by atoms with Crippen LogP contribution in [0.25, 0.3) is 17.0 Å². The number of halogens is 1. The highest BCUT2D eigenvalue weighted by molar-refractivity contribution is 6.30. The van der Waals surface area contributed by atoms with Crippen molar-refractivity contribution >= 4 is 23.2 Å². The van der Waals surface area contributed by atoms with Crippen molar-refractivity contribution < 1.29 is 9.53 Å². The minimum Gasteiger partial charge on any atom is -0.368 e. The first-order chi connectivity index (χ1) is 14.7. The Kier molecular flexibility index (Phi) is 4.94. The summed E-state index contributed by atoms with van der Waals surface area (Å²) < 4.78 is 7.88. The molecule has 4 heterocycles. The van der Waals surface area contributed by atoms with Crippen LogP contribution in [0.3, 0.4) is 0 Å². The number of ether oxygens (including phenoxy) is 1. The lowest BCUT2D eigenvalue weighted by Crippen LogP contribution is -2.42. The fourth-order valence-corrected chi connectivity index (χ4v) is 3.85. The molecular weight excluding hydrogens is 400 g/mol. The molecule has 0 bridgehead atoms. The highest BCUT2D eigenvalue weighted by atomic mass is 35.5. The molecule has 1 aliphatic rings. The molecule has 0 N–H and O–H groups in total. The number of pyridine rings is 2. The zero-order valence-corrected chi connectivity index (χ0v) is 16.9. The second-order valence-corrected chi connectivity index (χ2v) is 7.58. The van der Waals surface area contributed by atoms with Crippen LogP contribution in [0.2, 0.25) is 5.02 Å². The van der Waals surface area contributed by atoms with E-state index in [1.807, 2.05) is 76.2 Å². The number of amides is 1. The first-order valence-electron chi connectivity index (χ1n) is 9.75. The molecule has 7 heteroatoms. The van der Waals surface area contributed by atoms with Crippen molar-refractivity contribution in [3.05, 3.63) is 89.3 Å². The number of carbonyl (C=O) groups is 1. The summed E-state index contributed by atoms with van der Waals surface area (Å²) in [5.41, 5.74) is 3.90. The van der Waals surface area contributed by atoms with Crippen molar-refractivity contribution in [2.75, 3.05) is 19.7 Å². The average Bonchev–Trinajstić information content (AvgIpc) is 3.22. The van der Waals surface area contributed by atoms with Crippen molar-refractivity contribution in [2.24, 2.45) is 0 Å². The monoisotopic (exact) mass is 418 g/mol. The van der Waals surface area contributed by atoms with E-state index in [4.69, 9.17) is 21.3 Å². The lowest BCUT2D eigenvalue weighted by atomic mass is 10.1. The first-order valence-corrected chi connectivity index (χ1v) is 10.1. The molecule has 0 spiro atoms. The Hall–Kier alpha value is -3.22. The number of nitrogens with zero attached hydrogens (tertiary/aromatic N) is 4. The van der Waals surface area contributed by atoms with Gasteiger partial charge < -0.3 is 9.64 Å². The van der Waals surface area contributed by atoms with Gasteiger partial charge in [-0.2, -0.15) is 0 Å². The van der Waals surface area contributed by atoms with Crippen LogP contribution in [0.1, 0.15) is 22.2 Å². The third-order valence-corrected chi connectivity index (χ3v) is 5.43. The van der Waals surface area contributed by atoms with Crippen molar-refractivity contribution in [3.8, 4) is 11.4 Å². The van der Waals surface area contributed by atoms with E-state index in [1.54, 1.807) is 6.20 Å². The van der Waals surface area contributed by atoms with Crippen LogP contribution in [0.4, 0.5) is 0 Å². The lowest BCUT2D eigenvalue weighted by molar-refractivity contribution is -0.0246. The van der Waals surface area contributed by atoms with E-state index in [9.17, 15) is 4.79 Å². The number of morpholine rings is 1. The second kappa shape index (κ2) is 7.89. The van der Waals surface area contributed by atoms with Crippen molar-refractivity contribution in [3.63, 3.8) is 0 Å². The van der Waals surface area contributed by atoms with Crippen LogP contribution in [0.5, 0.6) is 0 Å². The standard InChI is InChI=1S/C23H19ClN4O2/c24-17-9-10-22-25-13-20(28(22)14-17)18-7-4-8-19(26-18)21-15-27(11-12-30-21)23(29)16-5-2-1-3-6-16/h1-10,13-14,21H,11-12,15H2/t21-/m1/s1. The SMILES string of the molecule is O=C(c1ccccc1)N1CCO[C@@H](c2cccc(-c3cnc4ccc(Cl)cn34)n2)C1. The largest absolute Gasteiger partial charge is 0.368 e. The van der Waals surface area contributed by atoms with Gasteiger partial charge in [0.05, 0.1) is 41.5 Å². The van der Waals surface area contributed by atoms with Gasteiger partial charge in [-0.25, -0.2) is 9.97 Å². The predicted octanol–water partition coefficient (Wildman–Crippen LogP) is 4.26. The minimum absolute atomic E-state index is 0.0106. The van der Waals surface area contributed by atoms with Crippen LogP contribution in [0, 0.1) is 0 Å². The Bertz CT molecular complexity index is 1210. The Morgan fingerprint density at radius 3 is 2.80 bits per heavy atom. The molecule has 1 atom stereocenters. The van der Waals surface area contributed by atoms with Gasteiger partial charge in [-0.05, 0) is 36.4 Å². The summed E-state index contributed by atoms with van der Waals surface area (Å²) in [7, 11) is 0. The zero-order chi connectivity index (χ0) is 20.5. The molecule has 0 unspecified atom stereocenters. The zero-order valence-electron chi connectivity index (χ0n) is 16.1. The first kappa shape index (κ1) is 18.8. The average molecular weight is 419 g/mol. The predicted molar refractivity (Wildman–Crippen MR) is 114 cm³/mol. The van der Waals surface area contributed by atoms with Gasteiger partial charge in [0, 0.05) is 18.3 Å². The normalized spacial score (nSPS) is 16.7. The Balaban J connectivity index is 1.42. The van der Waals surface area contributed by atoms with Gasteiger partial charge in [-0.3, -0.25) is 9.20 Å². The van der Waals surface area contributed by atoms with Gasteiger partial charge in [0.25, 0.3) is 5.91 Å². The summed E-state index contributed by atoms with van der Waals surface area (Å²) in [4.78, 5) is 23.9. The van der Waals surface area contributed by atoms with E-state index in [0.717, 1.165) is 22.7 Å². The van der Waals surface area contributed by atoms with Gasteiger partial charge >= 0.3 is 0 Å². The number of hydrogen-bond donors (Lipinski definition) is 0. The molecule has 3 aromatic heterocycles. The highest BCUT2D eigenvalue weighted by Gasteiger charge is 2.27. The third-order valence-electron chi connectivity index (χ3n) is 5.21. The molecule has 1 fully saturated rings. The van der Waals surface area contributed by atoms with E-state index < -0.39 is 0 Å². The molecule has 1 aromatic carbocycles. The van der Waals surface area contributed by atoms with Crippen LogP contribution >= 0.6 is 11.6 Å². The molecule has 1 amide bonds. The molecule has 1 aliphatic heterocycles. The molecule has 0 aliphatic carbocycles. The molecule has 4 aromatic rings. The number of hydrogen-bond acceptors (Lipinski definition) is 4. The maximum atomic E-state index is 12.8. The number of aromatic nitrogens is 3. The molecule has 0 radical (unpaired) electrons. The lowest BCUT2D eigenvalue weighted by Gasteiger charge is -2.32. The highest BCUT2D eigenvalue weighted by Crippen LogP contribution is 2.26. The maximum Gasteiger partial charge on any atom is 0.254 e. The van der Waals surface area contributed by atoms with Crippen LogP contribution in [-0.2, 0) is 4.74 Å². The third kappa shape index (κ3) is 3.56. The number of imidazole rings is 1. The van der Waals surface area contributed by atoms with E-state index in [1.165, 1.54) is 0 Å². The Labute approximate surface area is 178 Å². The number of benzene rings is 1. The summed E-state index contributed by atoms with van der Waals surface area (Å²) in [6.07, 6.45) is 3.32. The van der Waals surface area contributed by atoms with Crippen LogP contribution in [0.15, 0.2) is 73.1 Å². The van der Waals surface area contributed by atoms with Gasteiger partial charge in [-0.15, -0.1) is 0 Å². The smallest absolute Gasteiger partial charge is 0.254 e. The van der Waals surface area contributed by atoms with E-state index in [-0.39, 0.29) is 12.0 Å². The maximum absolute atomic E-state index is 12.8. The Morgan fingerprint density at radius 2 is 1.93 bits per heavy atom. The van der Waals surface area contributed by atoms with Crippen molar-refractivity contribution in [1.29, 1.82) is 0 Å². The van der Waals surface area contributed by atoms with Crippen molar-refractivity contribution in [2.45, 2.75) is 6.10 Å². The summed E-state index contributed by atoms with van der Waals surface area (Å²) >= 11 is 6.16.